The molecule has 0 aromatic heterocycles. The maximum atomic E-state index is 10.5. The molecule has 4 heteroatoms. The van der Waals surface area contributed by atoms with E-state index in [0.717, 1.165) is 0 Å². The van der Waals surface area contributed by atoms with E-state index in [1.54, 1.807) is 6.92 Å². The first-order valence-corrected chi connectivity index (χ1v) is 2.96. The molecule has 0 aliphatic carbocycles. The number of nitrogens with zero attached hydrogens (tertiary/aromatic N) is 1. The van der Waals surface area contributed by atoms with E-state index in [1.165, 1.54) is 7.05 Å². The molecule has 1 unspecified atom stereocenters. The number of rotatable bonds is 2. The molecular weight excluding hydrogens is 132 g/mol. The summed E-state index contributed by atoms with van der Waals surface area (Å²) in [4.78, 5) is 10.5. The largest absolute Gasteiger partial charge is 0.445 e. The quantitative estimate of drug-likeness (QED) is 0.615. The van der Waals surface area contributed by atoms with E-state index in [0.29, 0.717) is 0 Å². The predicted octanol–water partition coefficient (Wildman–Crippen LogP) is 0.645. The van der Waals surface area contributed by atoms with Gasteiger partial charge in [0, 0.05) is 7.05 Å². The van der Waals surface area contributed by atoms with Crippen LogP contribution in [0.5, 0.6) is 0 Å². The molecule has 0 spiro atoms. The standard InChI is InChI=1S/C6H10N2O2/c1-5(3-4-7)10-6(9)8-2/h5H,3H2,1-2H3,(H,8,9). The lowest BCUT2D eigenvalue weighted by Gasteiger charge is -2.07. The Morgan fingerprint density at radius 3 is 2.90 bits per heavy atom. The molecule has 0 fully saturated rings. The Kier molecular flexibility index (Phi) is 4.05. The summed E-state index contributed by atoms with van der Waals surface area (Å²) in [5.74, 6) is 0. The second kappa shape index (κ2) is 4.62. The van der Waals surface area contributed by atoms with Gasteiger partial charge in [0.1, 0.15) is 6.10 Å². The van der Waals surface area contributed by atoms with E-state index in [-0.39, 0.29) is 12.5 Å². The Morgan fingerprint density at radius 2 is 2.50 bits per heavy atom. The van der Waals surface area contributed by atoms with Crippen LogP contribution in [0.15, 0.2) is 0 Å². The van der Waals surface area contributed by atoms with Crippen LogP contribution in [-0.4, -0.2) is 19.2 Å². The number of hydrogen-bond donors (Lipinski definition) is 1. The van der Waals surface area contributed by atoms with Crippen molar-refractivity contribution >= 4 is 6.09 Å². The minimum Gasteiger partial charge on any atom is -0.445 e. The van der Waals surface area contributed by atoms with Gasteiger partial charge >= 0.3 is 6.09 Å². The molecule has 56 valence electrons. The van der Waals surface area contributed by atoms with Gasteiger partial charge in [-0.1, -0.05) is 0 Å². The van der Waals surface area contributed by atoms with Gasteiger partial charge in [-0.25, -0.2) is 4.79 Å². The monoisotopic (exact) mass is 142 g/mol. The fourth-order valence-electron chi connectivity index (χ4n) is 0.412. The lowest BCUT2D eigenvalue weighted by Crippen LogP contribution is -2.23. The highest BCUT2D eigenvalue weighted by Gasteiger charge is 2.05. The number of carbonyl (C=O) groups is 1. The van der Waals surface area contributed by atoms with Crippen LogP contribution in [0.2, 0.25) is 0 Å². The summed E-state index contributed by atoms with van der Waals surface area (Å²) in [5, 5.41) is 10.4. The normalized spacial score (nSPS) is 11.3. The predicted molar refractivity (Wildman–Crippen MR) is 35.2 cm³/mol. The van der Waals surface area contributed by atoms with Crippen molar-refractivity contribution in [1.82, 2.24) is 5.32 Å². The molecule has 0 aromatic carbocycles. The molecule has 0 radical (unpaired) electrons. The molecule has 0 bridgehead atoms. The van der Waals surface area contributed by atoms with Crippen LogP contribution in [0.3, 0.4) is 0 Å². The van der Waals surface area contributed by atoms with Gasteiger partial charge in [0.2, 0.25) is 0 Å². The maximum Gasteiger partial charge on any atom is 0.407 e. The lowest BCUT2D eigenvalue weighted by atomic mass is 10.3. The van der Waals surface area contributed by atoms with Crippen LogP contribution < -0.4 is 5.32 Å². The number of nitrogens with one attached hydrogen (secondary N) is 1. The third kappa shape index (κ3) is 3.72. The fraction of sp³-hybridized carbons (Fsp3) is 0.667. The number of carbonyl (C=O) groups excluding carboxylic acids is 1. The van der Waals surface area contributed by atoms with E-state index in [1.807, 2.05) is 6.07 Å². The Bertz CT molecular complexity index is 150. The first kappa shape index (κ1) is 8.76. The maximum absolute atomic E-state index is 10.5. The Morgan fingerprint density at radius 1 is 1.90 bits per heavy atom. The van der Waals surface area contributed by atoms with Gasteiger partial charge in [-0.2, -0.15) is 5.26 Å². The molecule has 10 heavy (non-hydrogen) atoms. The van der Waals surface area contributed by atoms with Crippen LogP contribution in [-0.2, 0) is 4.74 Å². The van der Waals surface area contributed by atoms with E-state index in [9.17, 15) is 4.79 Å². The van der Waals surface area contributed by atoms with Crippen molar-refractivity contribution in [3.63, 3.8) is 0 Å². The van der Waals surface area contributed by atoms with Crippen molar-refractivity contribution in [3.05, 3.63) is 0 Å². The molecule has 0 aromatic rings. The van der Waals surface area contributed by atoms with Crippen LogP contribution >= 0.6 is 0 Å². The molecule has 1 atom stereocenters. The molecular formula is C6H10N2O2. The third-order valence-electron chi connectivity index (χ3n) is 0.891. The van der Waals surface area contributed by atoms with Crippen molar-refractivity contribution < 1.29 is 9.53 Å². The fourth-order valence-corrected chi connectivity index (χ4v) is 0.412. The van der Waals surface area contributed by atoms with Crippen LogP contribution in [0.25, 0.3) is 0 Å². The summed E-state index contributed by atoms with van der Waals surface area (Å²) >= 11 is 0. The topological polar surface area (TPSA) is 62.1 Å². The highest BCUT2D eigenvalue weighted by Crippen LogP contribution is 1.94. The minimum absolute atomic E-state index is 0.230. The second-order valence-electron chi connectivity index (χ2n) is 1.83. The molecule has 0 heterocycles. The summed E-state index contributed by atoms with van der Waals surface area (Å²) in [6, 6.07) is 1.89. The first-order valence-electron chi connectivity index (χ1n) is 2.96. The van der Waals surface area contributed by atoms with Crippen molar-refractivity contribution in [2.24, 2.45) is 0 Å². The third-order valence-corrected chi connectivity index (χ3v) is 0.891. The number of ether oxygens (including phenoxy) is 1. The van der Waals surface area contributed by atoms with Crippen LogP contribution in [0.4, 0.5) is 4.79 Å². The Labute approximate surface area is 59.8 Å². The molecule has 0 saturated heterocycles. The van der Waals surface area contributed by atoms with Crippen molar-refractivity contribution in [2.75, 3.05) is 7.05 Å². The summed E-state index contributed by atoms with van der Waals surface area (Å²) in [6.45, 7) is 1.67. The van der Waals surface area contributed by atoms with Crippen molar-refractivity contribution in [3.8, 4) is 6.07 Å². The molecule has 0 aliphatic rings. The number of nitriles is 1. The van der Waals surface area contributed by atoms with Gasteiger partial charge in [0.15, 0.2) is 0 Å². The number of alkyl carbamates (subject to hydrolysis) is 1. The van der Waals surface area contributed by atoms with Gasteiger partial charge in [-0.15, -0.1) is 0 Å². The highest BCUT2D eigenvalue weighted by atomic mass is 16.6. The van der Waals surface area contributed by atoms with Gasteiger partial charge < -0.3 is 10.1 Å². The Hall–Kier alpha value is -1.24. The minimum atomic E-state index is -0.497. The van der Waals surface area contributed by atoms with Gasteiger partial charge in [0.25, 0.3) is 0 Å². The molecule has 0 saturated carbocycles. The first-order chi connectivity index (χ1) is 4.70. The zero-order chi connectivity index (χ0) is 7.98. The van der Waals surface area contributed by atoms with E-state index in [4.69, 9.17) is 5.26 Å². The molecule has 4 nitrogen and oxygen atoms in total. The van der Waals surface area contributed by atoms with Crippen LogP contribution in [0.1, 0.15) is 13.3 Å². The van der Waals surface area contributed by atoms with E-state index >= 15 is 0 Å². The van der Waals surface area contributed by atoms with Gasteiger partial charge in [-0.3, -0.25) is 0 Å². The number of hydrogen-bond acceptors (Lipinski definition) is 3. The average Bonchev–Trinajstić information content (AvgIpc) is 1.88. The summed E-state index contributed by atoms with van der Waals surface area (Å²) < 4.78 is 4.67. The summed E-state index contributed by atoms with van der Waals surface area (Å²) in [5.41, 5.74) is 0. The zero-order valence-electron chi connectivity index (χ0n) is 6.05. The lowest BCUT2D eigenvalue weighted by molar-refractivity contribution is 0.111. The van der Waals surface area contributed by atoms with Crippen LogP contribution in [0, 0.1) is 11.3 Å². The van der Waals surface area contributed by atoms with E-state index in [2.05, 4.69) is 10.1 Å². The number of amides is 1. The summed E-state index contributed by atoms with van der Waals surface area (Å²) in [7, 11) is 1.47. The zero-order valence-corrected chi connectivity index (χ0v) is 6.05. The SMILES string of the molecule is CNC(=O)OC(C)CC#N. The molecule has 0 rings (SSSR count). The highest BCUT2D eigenvalue weighted by molar-refractivity contribution is 5.66. The van der Waals surface area contributed by atoms with Crippen molar-refractivity contribution in [2.45, 2.75) is 19.4 Å². The summed E-state index contributed by atoms with van der Waals surface area (Å²) in [6.07, 6.45) is -0.597. The second-order valence-corrected chi connectivity index (χ2v) is 1.83. The molecule has 1 amide bonds. The smallest absolute Gasteiger partial charge is 0.407 e. The van der Waals surface area contributed by atoms with E-state index < -0.39 is 6.09 Å². The van der Waals surface area contributed by atoms with Gasteiger partial charge in [0.05, 0.1) is 12.5 Å². The van der Waals surface area contributed by atoms with Gasteiger partial charge in [-0.05, 0) is 6.92 Å². The Balaban J connectivity index is 3.49. The van der Waals surface area contributed by atoms with Crippen molar-refractivity contribution in [1.29, 1.82) is 5.26 Å². The molecule has 1 N–H and O–H groups in total. The average molecular weight is 142 g/mol. The molecule has 0 aliphatic heterocycles.